The molecule has 0 spiro atoms. The van der Waals surface area contributed by atoms with E-state index in [0.29, 0.717) is 6.04 Å². The molecular formula is C12H18N2O. The molecule has 82 valence electrons. The maximum Gasteiger partial charge on any atom is 0.248 e. The molecule has 0 amide bonds. The molecule has 0 saturated carbocycles. The standard InChI is InChI=1S/C12H18N2O/c1-3-9(2)14-7-6-11-10(8-14)4-5-12(15)13-11/h4-5,9H,3,6-8H2,1-2H3,(H,13,15). The largest absolute Gasteiger partial charge is 0.326 e. The predicted octanol–water partition coefficient (Wildman–Crippen LogP) is 1.53. The first-order valence-corrected chi connectivity index (χ1v) is 5.66. The molecule has 0 bridgehead atoms. The highest BCUT2D eigenvalue weighted by Gasteiger charge is 2.19. The van der Waals surface area contributed by atoms with Crippen molar-refractivity contribution in [1.29, 1.82) is 0 Å². The Bertz CT molecular complexity index is 397. The van der Waals surface area contributed by atoms with Crippen molar-refractivity contribution < 1.29 is 0 Å². The minimum atomic E-state index is 0.0192. The second-order valence-corrected chi connectivity index (χ2v) is 4.30. The van der Waals surface area contributed by atoms with E-state index in [1.165, 1.54) is 12.0 Å². The molecule has 1 aliphatic heterocycles. The number of pyridine rings is 1. The van der Waals surface area contributed by atoms with E-state index in [-0.39, 0.29) is 5.56 Å². The Balaban J connectivity index is 2.20. The summed E-state index contributed by atoms with van der Waals surface area (Å²) in [6.45, 7) is 6.51. The van der Waals surface area contributed by atoms with Gasteiger partial charge in [0.15, 0.2) is 0 Å². The maximum absolute atomic E-state index is 11.1. The normalized spacial score (nSPS) is 18.5. The quantitative estimate of drug-likeness (QED) is 0.796. The van der Waals surface area contributed by atoms with E-state index in [4.69, 9.17) is 0 Å². The van der Waals surface area contributed by atoms with E-state index in [1.807, 2.05) is 6.07 Å². The molecule has 0 radical (unpaired) electrons. The smallest absolute Gasteiger partial charge is 0.248 e. The summed E-state index contributed by atoms with van der Waals surface area (Å²) in [6.07, 6.45) is 2.15. The molecule has 0 fully saturated rings. The van der Waals surface area contributed by atoms with Crippen LogP contribution in [-0.2, 0) is 13.0 Å². The van der Waals surface area contributed by atoms with Gasteiger partial charge in [0.05, 0.1) is 0 Å². The molecule has 15 heavy (non-hydrogen) atoms. The Morgan fingerprint density at radius 1 is 1.53 bits per heavy atom. The number of rotatable bonds is 2. The molecule has 1 aromatic heterocycles. The number of nitrogens with one attached hydrogen (secondary N) is 1. The highest BCUT2D eigenvalue weighted by molar-refractivity contribution is 5.22. The first-order chi connectivity index (χ1) is 7.20. The Morgan fingerprint density at radius 3 is 3.07 bits per heavy atom. The number of aromatic nitrogens is 1. The third kappa shape index (κ3) is 2.12. The lowest BCUT2D eigenvalue weighted by Crippen LogP contribution is -2.38. The molecule has 1 aliphatic rings. The summed E-state index contributed by atoms with van der Waals surface area (Å²) in [5.74, 6) is 0. The molecule has 0 aromatic carbocycles. The van der Waals surface area contributed by atoms with Crippen molar-refractivity contribution in [2.75, 3.05) is 6.54 Å². The molecule has 3 nitrogen and oxygen atoms in total. The van der Waals surface area contributed by atoms with Crippen LogP contribution in [0, 0.1) is 0 Å². The molecule has 1 aromatic rings. The lowest BCUT2D eigenvalue weighted by molar-refractivity contribution is 0.185. The molecule has 1 N–H and O–H groups in total. The number of hydrogen-bond acceptors (Lipinski definition) is 2. The second kappa shape index (κ2) is 4.19. The number of fused-ring (bicyclic) bond motifs is 1. The third-order valence-electron chi connectivity index (χ3n) is 3.33. The summed E-state index contributed by atoms with van der Waals surface area (Å²) < 4.78 is 0. The van der Waals surface area contributed by atoms with Crippen LogP contribution in [0.3, 0.4) is 0 Å². The first-order valence-electron chi connectivity index (χ1n) is 5.66. The predicted molar refractivity (Wildman–Crippen MR) is 60.9 cm³/mol. The van der Waals surface area contributed by atoms with E-state index in [2.05, 4.69) is 23.7 Å². The van der Waals surface area contributed by atoms with Crippen LogP contribution in [0.1, 0.15) is 31.5 Å². The Kier molecular flexibility index (Phi) is 2.91. The molecular weight excluding hydrogens is 188 g/mol. The Hall–Kier alpha value is -1.09. The van der Waals surface area contributed by atoms with Gasteiger partial charge in [-0.3, -0.25) is 9.69 Å². The van der Waals surface area contributed by atoms with Gasteiger partial charge in [0.25, 0.3) is 0 Å². The van der Waals surface area contributed by atoms with Gasteiger partial charge in [-0.1, -0.05) is 13.0 Å². The van der Waals surface area contributed by atoms with Crippen LogP contribution in [0.4, 0.5) is 0 Å². The van der Waals surface area contributed by atoms with Gasteiger partial charge in [-0.2, -0.15) is 0 Å². The van der Waals surface area contributed by atoms with Crippen LogP contribution in [0.5, 0.6) is 0 Å². The van der Waals surface area contributed by atoms with Crippen LogP contribution in [-0.4, -0.2) is 22.5 Å². The minimum absolute atomic E-state index is 0.0192. The van der Waals surface area contributed by atoms with Gasteiger partial charge in [-0.15, -0.1) is 0 Å². The third-order valence-corrected chi connectivity index (χ3v) is 3.33. The van der Waals surface area contributed by atoms with Crippen molar-refractivity contribution in [3.05, 3.63) is 33.7 Å². The average Bonchev–Trinajstić information content (AvgIpc) is 2.27. The van der Waals surface area contributed by atoms with Gasteiger partial charge < -0.3 is 4.98 Å². The van der Waals surface area contributed by atoms with Crippen molar-refractivity contribution in [1.82, 2.24) is 9.88 Å². The van der Waals surface area contributed by atoms with Crippen LogP contribution in [0.2, 0.25) is 0 Å². The van der Waals surface area contributed by atoms with E-state index in [0.717, 1.165) is 25.2 Å². The fourth-order valence-electron chi connectivity index (χ4n) is 2.11. The van der Waals surface area contributed by atoms with E-state index < -0.39 is 0 Å². The highest BCUT2D eigenvalue weighted by atomic mass is 16.1. The number of H-pyrrole nitrogens is 1. The van der Waals surface area contributed by atoms with Crippen molar-refractivity contribution in [2.24, 2.45) is 0 Å². The van der Waals surface area contributed by atoms with Crippen LogP contribution >= 0.6 is 0 Å². The molecule has 1 atom stereocenters. The van der Waals surface area contributed by atoms with E-state index >= 15 is 0 Å². The maximum atomic E-state index is 11.1. The van der Waals surface area contributed by atoms with Crippen LogP contribution in [0.25, 0.3) is 0 Å². The zero-order valence-electron chi connectivity index (χ0n) is 9.42. The molecule has 0 saturated heterocycles. The molecule has 0 aliphatic carbocycles. The zero-order chi connectivity index (χ0) is 10.8. The summed E-state index contributed by atoms with van der Waals surface area (Å²) in [7, 11) is 0. The Morgan fingerprint density at radius 2 is 2.33 bits per heavy atom. The van der Waals surface area contributed by atoms with Gasteiger partial charge in [0.2, 0.25) is 5.56 Å². The van der Waals surface area contributed by atoms with Crippen LogP contribution < -0.4 is 5.56 Å². The molecule has 3 heteroatoms. The van der Waals surface area contributed by atoms with E-state index in [9.17, 15) is 4.79 Å². The number of hydrogen-bond donors (Lipinski definition) is 1. The Labute approximate surface area is 90.1 Å². The van der Waals surface area contributed by atoms with Crippen molar-refractivity contribution >= 4 is 0 Å². The van der Waals surface area contributed by atoms with Crippen molar-refractivity contribution in [2.45, 2.75) is 39.3 Å². The van der Waals surface area contributed by atoms with Gasteiger partial charge in [-0.25, -0.2) is 0 Å². The molecule has 2 rings (SSSR count). The minimum Gasteiger partial charge on any atom is -0.326 e. The van der Waals surface area contributed by atoms with Gasteiger partial charge in [-0.05, 0) is 18.9 Å². The molecule has 1 unspecified atom stereocenters. The summed E-state index contributed by atoms with van der Waals surface area (Å²) in [5.41, 5.74) is 2.42. The summed E-state index contributed by atoms with van der Waals surface area (Å²) in [6, 6.07) is 4.21. The SMILES string of the molecule is CCC(C)N1CCc2[nH]c(=O)ccc2C1. The van der Waals surface area contributed by atoms with E-state index in [1.54, 1.807) is 6.07 Å². The van der Waals surface area contributed by atoms with Gasteiger partial charge in [0, 0.05) is 37.3 Å². The highest BCUT2D eigenvalue weighted by Crippen LogP contribution is 2.18. The molecule has 2 heterocycles. The van der Waals surface area contributed by atoms with Gasteiger partial charge in [0.1, 0.15) is 0 Å². The monoisotopic (exact) mass is 206 g/mol. The van der Waals surface area contributed by atoms with Crippen LogP contribution in [0.15, 0.2) is 16.9 Å². The number of nitrogens with zero attached hydrogens (tertiary/aromatic N) is 1. The topological polar surface area (TPSA) is 36.1 Å². The number of aromatic amines is 1. The fourth-order valence-corrected chi connectivity index (χ4v) is 2.11. The lowest BCUT2D eigenvalue weighted by atomic mass is 10.0. The first kappa shape index (κ1) is 10.4. The summed E-state index contributed by atoms with van der Waals surface area (Å²) in [5, 5.41) is 0. The fraction of sp³-hybridized carbons (Fsp3) is 0.583. The van der Waals surface area contributed by atoms with Gasteiger partial charge >= 0.3 is 0 Å². The van der Waals surface area contributed by atoms with Crippen molar-refractivity contribution in [3.63, 3.8) is 0 Å². The summed E-state index contributed by atoms with van der Waals surface area (Å²) >= 11 is 0. The zero-order valence-corrected chi connectivity index (χ0v) is 9.42. The average molecular weight is 206 g/mol. The summed E-state index contributed by atoms with van der Waals surface area (Å²) in [4.78, 5) is 16.5. The lowest BCUT2D eigenvalue weighted by Gasteiger charge is -2.32. The van der Waals surface area contributed by atoms with Crippen molar-refractivity contribution in [3.8, 4) is 0 Å². The second-order valence-electron chi connectivity index (χ2n) is 4.30.